The number of methoxy groups -OCH3 is 1. The first-order chi connectivity index (χ1) is 15.9. The van der Waals surface area contributed by atoms with Gasteiger partial charge in [0.1, 0.15) is 18.4 Å². The molecule has 0 bridgehead atoms. The van der Waals surface area contributed by atoms with E-state index in [2.05, 4.69) is 26.9 Å². The monoisotopic (exact) mass is 453 g/mol. The molecule has 2 heterocycles. The van der Waals surface area contributed by atoms with Gasteiger partial charge in [-0.2, -0.15) is 0 Å². The molecule has 2 aromatic rings. The number of amides is 4. The highest BCUT2D eigenvalue weighted by Gasteiger charge is 2.50. The third-order valence-electron chi connectivity index (χ3n) is 6.04. The highest BCUT2D eigenvalue weighted by atomic mass is 16.5. The van der Waals surface area contributed by atoms with Crippen LogP contribution >= 0.6 is 0 Å². The first kappa shape index (κ1) is 22.6. The maximum atomic E-state index is 13.4. The highest BCUT2D eigenvalue weighted by molar-refractivity contribution is 6.09. The molecule has 0 saturated carbocycles. The van der Waals surface area contributed by atoms with E-state index in [1.54, 1.807) is 43.2 Å². The first-order valence-corrected chi connectivity index (χ1v) is 10.9. The Morgan fingerprint density at radius 3 is 2.85 bits per heavy atom. The third kappa shape index (κ3) is 4.49. The number of nitrogens with one attached hydrogen (secondary N) is 1. The number of imide groups is 1. The average molecular weight is 454 g/mol. The molecule has 1 aromatic heterocycles. The Morgan fingerprint density at radius 2 is 2.15 bits per heavy atom. The topological polar surface area (TPSA) is 123 Å². The van der Waals surface area contributed by atoms with Crippen LogP contribution in [0.15, 0.2) is 42.4 Å². The fourth-order valence-electron chi connectivity index (χ4n) is 4.17. The van der Waals surface area contributed by atoms with Crippen LogP contribution in [0.5, 0.6) is 0 Å². The van der Waals surface area contributed by atoms with Crippen molar-refractivity contribution in [1.29, 1.82) is 0 Å². The fraction of sp³-hybridized carbons (Fsp3) is 0.455. The van der Waals surface area contributed by atoms with Gasteiger partial charge in [0.25, 0.3) is 5.91 Å². The van der Waals surface area contributed by atoms with Gasteiger partial charge >= 0.3 is 6.03 Å². The maximum absolute atomic E-state index is 13.4. The molecule has 1 aliphatic carbocycles. The molecule has 4 rings (SSSR count). The Morgan fingerprint density at radius 1 is 1.30 bits per heavy atom. The molecule has 0 spiro atoms. The first-order valence-electron chi connectivity index (χ1n) is 10.9. The molecular formula is C22H27N7O4. The number of tetrazole rings is 1. The number of aromatic nitrogens is 4. The summed E-state index contributed by atoms with van der Waals surface area (Å²) in [7, 11) is 1.57. The summed E-state index contributed by atoms with van der Waals surface area (Å²) in [6, 6.07) is 6.42. The van der Waals surface area contributed by atoms with Crippen molar-refractivity contribution >= 4 is 17.8 Å². The number of carbonyl (C=O) groups is 3. The SMILES string of the molecule is COCCN(C(=O)CN1C(=O)N[C@](C)(c2cccc(-n3cnnn3)c2)C1=O)C1=CCCCC1. The molecule has 1 N–H and O–H groups in total. The van der Waals surface area contributed by atoms with Crippen molar-refractivity contribution in [3.05, 3.63) is 47.9 Å². The van der Waals surface area contributed by atoms with Gasteiger partial charge in [-0.05, 0) is 60.7 Å². The molecule has 4 amide bonds. The van der Waals surface area contributed by atoms with Crippen molar-refractivity contribution in [3.8, 4) is 5.69 Å². The summed E-state index contributed by atoms with van der Waals surface area (Å²) < 4.78 is 6.62. The van der Waals surface area contributed by atoms with E-state index in [0.717, 1.165) is 36.3 Å². The van der Waals surface area contributed by atoms with Crippen LogP contribution in [-0.2, 0) is 19.9 Å². The van der Waals surface area contributed by atoms with E-state index in [1.807, 2.05) is 0 Å². The smallest absolute Gasteiger partial charge is 0.325 e. The van der Waals surface area contributed by atoms with Gasteiger partial charge in [0.15, 0.2) is 0 Å². The van der Waals surface area contributed by atoms with Crippen LogP contribution in [0.25, 0.3) is 5.69 Å². The van der Waals surface area contributed by atoms with Gasteiger partial charge < -0.3 is 15.0 Å². The van der Waals surface area contributed by atoms with E-state index in [9.17, 15) is 14.4 Å². The van der Waals surface area contributed by atoms with Crippen molar-refractivity contribution in [2.75, 3.05) is 26.8 Å². The number of hydrogen-bond donors (Lipinski definition) is 1. The predicted molar refractivity (Wildman–Crippen MR) is 117 cm³/mol. The second kappa shape index (κ2) is 9.49. The minimum absolute atomic E-state index is 0.310. The third-order valence-corrected chi connectivity index (χ3v) is 6.04. The molecule has 0 radical (unpaired) electrons. The molecule has 1 aromatic carbocycles. The quantitative estimate of drug-likeness (QED) is 0.599. The van der Waals surface area contributed by atoms with Gasteiger partial charge in [-0.1, -0.05) is 18.2 Å². The van der Waals surface area contributed by atoms with E-state index in [0.29, 0.717) is 24.4 Å². The van der Waals surface area contributed by atoms with Gasteiger partial charge in [0, 0.05) is 19.4 Å². The van der Waals surface area contributed by atoms with Crippen molar-refractivity contribution in [3.63, 3.8) is 0 Å². The van der Waals surface area contributed by atoms with Gasteiger partial charge in [-0.15, -0.1) is 5.10 Å². The molecule has 11 heteroatoms. The summed E-state index contributed by atoms with van der Waals surface area (Å²) >= 11 is 0. The number of ether oxygens (including phenoxy) is 1. The lowest BCUT2D eigenvalue weighted by Crippen LogP contribution is -2.45. The zero-order valence-electron chi connectivity index (χ0n) is 18.7. The maximum Gasteiger partial charge on any atom is 0.325 e. The second-order valence-corrected chi connectivity index (χ2v) is 8.23. The predicted octanol–water partition coefficient (Wildman–Crippen LogP) is 1.36. The van der Waals surface area contributed by atoms with Gasteiger partial charge in [-0.25, -0.2) is 9.48 Å². The van der Waals surface area contributed by atoms with E-state index < -0.39 is 17.5 Å². The zero-order chi connectivity index (χ0) is 23.4. The van der Waals surface area contributed by atoms with Crippen LogP contribution in [0.3, 0.4) is 0 Å². The molecule has 1 aliphatic heterocycles. The lowest BCUT2D eigenvalue weighted by molar-refractivity contribution is -0.138. The molecule has 1 fully saturated rings. The van der Waals surface area contributed by atoms with Crippen LogP contribution in [0.2, 0.25) is 0 Å². The fourth-order valence-corrected chi connectivity index (χ4v) is 4.17. The molecule has 2 aliphatic rings. The number of hydrogen-bond acceptors (Lipinski definition) is 7. The van der Waals surface area contributed by atoms with Crippen molar-refractivity contribution in [2.45, 2.75) is 38.1 Å². The zero-order valence-corrected chi connectivity index (χ0v) is 18.7. The summed E-state index contributed by atoms with van der Waals surface area (Å²) in [6.07, 6.45) is 7.28. The Kier molecular flexibility index (Phi) is 6.50. The van der Waals surface area contributed by atoms with Gasteiger partial charge in [0.2, 0.25) is 5.91 Å². The number of benzene rings is 1. The molecule has 1 saturated heterocycles. The van der Waals surface area contributed by atoms with Crippen LogP contribution in [0, 0.1) is 0 Å². The minimum Gasteiger partial charge on any atom is -0.383 e. The van der Waals surface area contributed by atoms with E-state index in [4.69, 9.17) is 4.74 Å². The Bertz CT molecular complexity index is 1070. The molecule has 174 valence electrons. The Labute approximate surface area is 191 Å². The van der Waals surface area contributed by atoms with Crippen LogP contribution in [0.4, 0.5) is 4.79 Å². The van der Waals surface area contributed by atoms with Crippen LogP contribution in [0.1, 0.15) is 38.2 Å². The lowest BCUT2D eigenvalue weighted by Gasteiger charge is -2.29. The lowest BCUT2D eigenvalue weighted by atomic mass is 9.91. The van der Waals surface area contributed by atoms with Crippen LogP contribution < -0.4 is 5.32 Å². The molecule has 33 heavy (non-hydrogen) atoms. The minimum atomic E-state index is -1.32. The van der Waals surface area contributed by atoms with Crippen molar-refractivity contribution in [1.82, 2.24) is 35.3 Å². The van der Waals surface area contributed by atoms with E-state index in [1.165, 1.54) is 11.0 Å². The molecule has 11 nitrogen and oxygen atoms in total. The summed E-state index contributed by atoms with van der Waals surface area (Å²) in [5.74, 6) is -0.797. The summed E-state index contributed by atoms with van der Waals surface area (Å²) in [6.45, 7) is 2.03. The number of rotatable bonds is 8. The van der Waals surface area contributed by atoms with E-state index >= 15 is 0 Å². The normalized spacial score (nSPS) is 20.5. The molecule has 0 unspecified atom stereocenters. The Balaban J connectivity index is 1.54. The Hall–Kier alpha value is -3.60. The summed E-state index contributed by atoms with van der Waals surface area (Å²) in [5.41, 5.74) is 0.815. The average Bonchev–Trinajstić information content (AvgIpc) is 3.44. The largest absolute Gasteiger partial charge is 0.383 e. The van der Waals surface area contributed by atoms with Gasteiger partial charge in [-0.3, -0.25) is 14.5 Å². The number of urea groups is 1. The second-order valence-electron chi connectivity index (χ2n) is 8.23. The van der Waals surface area contributed by atoms with Crippen molar-refractivity contribution < 1.29 is 19.1 Å². The molecule has 1 atom stereocenters. The summed E-state index contributed by atoms with van der Waals surface area (Å²) in [5, 5.41) is 13.9. The highest BCUT2D eigenvalue weighted by Crippen LogP contribution is 2.30. The number of allylic oxidation sites excluding steroid dienone is 2. The number of nitrogens with zero attached hydrogens (tertiary/aromatic N) is 6. The summed E-state index contributed by atoms with van der Waals surface area (Å²) in [4.78, 5) is 42.0. The van der Waals surface area contributed by atoms with Gasteiger partial charge in [0.05, 0.1) is 12.3 Å². The standard InChI is InChI=1S/C22H27N7O4/c1-22(16-7-6-10-18(13-16)29-15-23-25-26-29)20(31)28(21(32)24-22)14-19(30)27(11-12-33-2)17-8-4-3-5-9-17/h6-8,10,13,15H,3-5,9,11-12,14H2,1-2H3,(H,24,32)/t22-/m1/s1. The van der Waals surface area contributed by atoms with E-state index in [-0.39, 0.29) is 12.5 Å². The number of carbonyl (C=O) groups excluding carboxylic acids is 3. The van der Waals surface area contributed by atoms with Crippen LogP contribution in [-0.4, -0.2) is 74.7 Å². The van der Waals surface area contributed by atoms with Crippen molar-refractivity contribution in [2.24, 2.45) is 0 Å². The molecular weight excluding hydrogens is 426 g/mol.